The van der Waals surface area contributed by atoms with Gasteiger partial charge in [-0.2, -0.15) is 0 Å². The molecule has 3 nitrogen and oxygen atoms in total. The summed E-state index contributed by atoms with van der Waals surface area (Å²) in [6.45, 7) is 12.2. The van der Waals surface area contributed by atoms with Crippen molar-refractivity contribution in [3.8, 4) is 5.75 Å². The number of hydrogen-bond acceptors (Lipinski definition) is 3. The van der Waals surface area contributed by atoms with Crippen LogP contribution in [-0.2, 0) is 4.74 Å². The van der Waals surface area contributed by atoms with E-state index in [4.69, 9.17) is 9.47 Å². The van der Waals surface area contributed by atoms with E-state index in [0.717, 1.165) is 31.7 Å². The first-order chi connectivity index (χ1) is 10.1. The average molecular weight is 293 g/mol. The van der Waals surface area contributed by atoms with Gasteiger partial charge in [0.05, 0.1) is 18.2 Å². The lowest BCUT2D eigenvalue weighted by Gasteiger charge is -2.29. The van der Waals surface area contributed by atoms with Crippen LogP contribution in [0.3, 0.4) is 0 Å². The van der Waals surface area contributed by atoms with Crippen molar-refractivity contribution in [1.29, 1.82) is 0 Å². The van der Waals surface area contributed by atoms with Crippen molar-refractivity contribution in [3.63, 3.8) is 0 Å². The summed E-state index contributed by atoms with van der Waals surface area (Å²) in [7, 11) is 0. The van der Waals surface area contributed by atoms with Crippen LogP contribution >= 0.6 is 0 Å². The molecule has 1 aromatic rings. The zero-order chi connectivity index (χ0) is 15.7. The number of para-hydroxylation sites is 1. The molecule has 1 aromatic carbocycles. The van der Waals surface area contributed by atoms with E-state index in [2.05, 4.69) is 58.1 Å². The fourth-order valence-electron chi connectivity index (χ4n) is 2.50. The molecule has 3 heteroatoms. The molecule has 0 aromatic heterocycles. The molecule has 0 aliphatic carbocycles. The molecule has 0 bridgehead atoms. The minimum Gasteiger partial charge on any atom is -0.491 e. The van der Waals surface area contributed by atoms with Gasteiger partial charge in [0.1, 0.15) is 5.75 Å². The van der Waals surface area contributed by atoms with Crippen molar-refractivity contribution in [2.24, 2.45) is 0 Å². The molecule has 0 heterocycles. The molecule has 21 heavy (non-hydrogen) atoms. The topological polar surface area (TPSA) is 30.5 Å². The van der Waals surface area contributed by atoms with Gasteiger partial charge in [-0.3, -0.25) is 0 Å². The van der Waals surface area contributed by atoms with Crippen LogP contribution in [-0.4, -0.2) is 25.4 Å². The van der Waals surface area contributed by atoms with Gasteiger partial charge >= 0.3 is 0 Å². The van der Waals surface area contributed by atoms with Gasteiger partial charge in [-0.1, -0.05) is 32.0 Å². The van der Waals surface area contributed by atoms with E-state index in [9.17, 15) is 0 Å². The maximum Gasteiger partial charge on any atom is 0.124 e. The molecule has 1 N–H and O–H groups in total. The van der Waals surface area contributed by atoms with E-state index >= 15 is 0 Å². The molecule has 2 atom stereocenters. The molecule has 0 aliphatic heterocycles. The highest BCUT2D eigenvalue weighted by Crippen LogP contribution is 2.30. The normalized spacial score (nSPS) is 14.2. The summed E-state index contributed by atoms with van der Waals surface area (Å²) in [5.41, 5.74) is 1.19. The van der Waals surface area contributed by atoms with Crippen molar-refractivity contribution >= 4 is 0 Å². The highest BCUT2D eigenvalue weighted by atomic mass is 16.5. The van der Waals surface area contributed by atoms with Gasteiger partial charge in [0.2, 0.25) is 0 Å². The number of hydrogen-bond donors (Lipinski definition) is 1. The second-order valence-electron chi connectivity index (χ2n) is 5.54. The second kappa shape index (κ2) is 9.80. The molecular formula is C18H31NO2. The predicted octanol–water partition coefficient (Wildman–Crippen LogP) is 4.33. The Morgan fingerprint density at radius 2 is 1.81 bits per heavy atom. The van der Waals surface area contributed by atoms with Crippen LogP contribution in [0.5, 0.6) is 5.75 Å². The minimum absolute atomic E-state index is 0.165. The van der Waals surface area contributed by atoms with Crippen LogP contribution in [0.1, 0.15) is 59.1 Å². The van der Waals surface area contributed by atoms with Crippen LogP contribution in [0, 0.1) is 0 Å². The molecule has 0 fully saturated rings. The molecule has 0 saturated carbocycles. The van der Waals surface area contributed by atoms with E-state index in [1.807, 2.05) is 6.07 Å². The SMILES string of the molecule is CCCNC(c1ccccc1OC(C)C)C(CC)OCC. The van der Waals surface area contributed by atoms with Crippen LogP contribution in [0.15, 0.2) is 24.3 Å². The van der Waals surface area contributed by atoms with Crippen molar-refractivity contribution < 1.29 is 9.47 Å². The monoisotopic (exact) mass is 293 g/mol. The highest BCUT2D eigenvalue weighted by molar-refractivity contribution is 5.36. The third-order valence-corrected chi connectivity index (χ3v) is 3.39. The average Bonchev–Trinajstić information content (AvgIpc) is 2.47. The highest BCUT2D eigenvalue weighted by Gasteiger charge is 2.24. The fraction of sp³-hybridized carbons (Fsp3) is 0.667. The van der Waals surface area contributed by atoms with E-state index in [0.29, 0.717) is 0 Å². The Morgan fingerprint density at radius 1 is 1.10 bits per heavy atom. The fourth-order valence-corrected chi connectivity index (χ4v) is 2.50. The summed E-state index contributed by atoms with van der Waals surface area (Å²) in [6, 6.07) is 8.47. The lowest BCUT2D eigenvalue weighted by molar-refractivity contribution is 0.0304. The van der Waals surface area contributed by atoms with Crippen molar-refractivity contribution in [2.75, 3.05) is 13.2 Å². The van der Waals surface area contributed by atoms with Crippen molar-refractivity contribution in [2.45, 2.75) is 65.7 Å². The first-order valence-corrected chi connectivity index (χ1v) is 8.24. The van der Waals surface area contributed by atoms with E-state index in [1.165, 1.54) is 5.56 Å². The Hall–Kier alpha value is -1.06. The molecule has 0 spiro atoms. The third kappa shape index (κ3) is 5.68. The Bertz CT molecular complexity index is 393. The number of nitrogens with one attached hydrogen (secondary N) is 1. The van der Waals surface area contributed by atoms with E-state index < -0.39 is 0 Å². The van der Waals surface area contributed by atoms with Gasteiger partial charge < -0.3 is 14.8 Å². The maximum absolute atomic E-state index is 5.98. The summed E-state index contributed by atoms with van der Waals surface area (Å²) in [4.78, 5) is 0. The molecule has 0 aliphatic rings. The van der Waals surface area contributed by atoms with E-state index in [1.54, 1.807) is 0 Å². The molecule has 120 valence electrons. The standard InChI is InChI=1S/C18H31NO2/c1-6-13-19-18(16(7-2)20-8-3)15-11-9-10-12-17(15)21-14(4)5/h9-12,14,16,18-19H,6-8,13H2,1-5H3. The minimum atomic E-state index is 0.165. The molecule has 2 unspecified atom stereocenters. The maximum atomic E-state index is 5.98. The molecule has 0 radical (unpaired) electrons. The summed E-state index contributed by atoms with van der Waals surface area (Å²) in [5.74, 6) is 0.958. The van der Waals surface area contributed by atoms with Crippen molar-refractivity contribution in [1.82, 2.24) is 5.32 Å². The van der Waals surface area contributed by atoms with Crippen LogP contribution in [0.25, 0.3) is 0 Å². The molecule has 1 rings (SSSR count). The lowest BCUT2D eigenvalue weighted by atomic mass is 9.98. The zero-order valence-corrected chi connectivity index (χ0v) is 14.2. The largest absolute Gasteiger partial charge is 0.491 e. The van der Waals surface area contributed by atoms with Gasteiger partial charge in [0.15, 0.2) is 0 Å². The predicted molar refractivity (Wildman–Crippen MR) is 88.9 cm³/mol. The van der Waals surface area contributed by atoms with Crippen LogP contribution < -0.4 is 10.1 Å². The molecule has 0 amide bonds. The Labute approximate surface area is 130 Å². The van der Waals surface area contributed by atoms with Gasteiger partial charge in [0.25, 0.3) is 0 Å². The summed E-state index contributed by atoms with van der Waals surface area (Å²) in [6.07, 6.45) is 2.42. The quantitative estimate of drug-likeness (QED) is 0.696. The zero-order valence-electron chi connectivity index (χ0n) is 14.2. The van der Waals surface area contributed by atoms with Gasteiger partial charge in [-0.25, -0.2) is 0 Å². The first-order valence-electron chi connectivity index (χ1n) is 8.24. The van der Waals surface area contributed by atoms with E-state index in [-0.39, 0.29) is 18.2 Å². The molecule has 0 saturated heterocycles. The lowest BCUT2D eigenvalue weighted by Crippen LogP contribution is -2.34. The number of rotatable bonds is 10. The van der Waals surface area contributed by atoms with Crippen LogP contribution in [0.2, 0.25) is 0 Å². The summed E-state index contributed by atoms with van der Waals surface area (Å²) < 4.78 is 11.9. The number of benzene rings is 1. The third-order valence-electron chi connectivity index (χ3n) is 3.39. The van der Waals surface area contributed by atoms with Crippen molar-refractivity contribution in [3.05, 3.63) is 29.8 Å². The Kier molecular flexibility index (Phi) is 8.40. The Balaban J connectivity index is 3.06. The van der Waals surface area contributed by atoms with Gasteiger partial charge in [-0.15, -0.1) is 0 Å². The first kappa shape index (κ1) is 18.0. The van der Waals surface area contributed by atoms with Gasteiger partial charge in [0, 0.05) is 12.2 Å². The number of ether oxygens (including phenoxy) is 2. The smallest absolute Gasteiger partial charge is 0.124 e. The summed E-state index contributed by atoms with van der Waals surface area (Å²) in [5, 5.41) is 3.63. The Morgan fingerprint density at radius 3 is 2.38 bits per heavy atom. The molecular weight excluding hydrogens is 262 g/mol. The second-order valence-corrected chi connectivity index (χ2v) is 5.54. The van der Waals surface area contributed by atoms with Gasteiger partial charge in [-0.05, 0) is 46.2 Å². The van der Waals surface area contributed by atoms with Crippen LogP contribution in [0.4, 0.5) is 0 Å². The summed E-state index contributed by atoms with van der Waals surface area (Å²) >= 11 is 0.